The smallest absolute Gasteiger partial charge is 0.243 e. The van der Waals surface area contributed by atoms with Crippen molar-refractivity contribution < 1.29 is 18.1 Å². The molecule has 0 aromatic heterocycles. The molecule has 0 saturated carbocycles. The first kappa shape index (κ1) is 17.9. The van der Waals surface area contributed by atoms with Crippen molar-refractivity contribution >= 4 is 10.0 Å². The van der Waals surface area contributed by atoms with Gasteiger partial charge in [0.25, 0.3) is 0 Å². The zero-order chi connectivity index (χ0) is 17.2. The van der Waals surface area contributed by atoms with Crippen molar-refractivity contribution in [2.75, 3.05) is 39.3 Å². The van der Waals surface area contributed by atoms with E-state index in [-0.39, 0.29) is 0 Å². The number of hydrogen-bond acceptors (Lipinski definition) is 3. The normalized spacial score (nSPS) is 24.2. The van der Waals surface area contributed by atoms with Crippen molar-refractivity contribution in [1.29, 1.82) is 0 Å². The van der Waals surface area contributed by atoms with Gasteiger partial charge in [0.15, 0.2) is 0 Å². The van der Waals surface area contributed by atoms with Crippen molar-refractivity contribution in [1.82, 2.24) is 4.31 Å². The molecule has 24 heavy (non-hydrogen) atoms. The van der Waals surface area contributed by atoms with Crippen LogP contribution in [0.3, 0.4) is 0 Å². The van der Waals surface area contributed by atoms with E-state index in [0.717, 1.165) is 43.8 Å². The number of sulfonamides is 1. The number of aryl methyl sites for hydroxylation is 2. The Balaban J connectivity index is 1.59. The lowest BCUT2D eigenvalue weighted by Crippen LogP contribution is -3.15. The fraction of sp³-hybridized carbons (Fsp3) is 0.667. The van der Waals surface area contributed by atoms with Crippen LogP contribution < -0.4 is 4.90 Å². The molecule has 5 nitrogen and oxygen atoms in total. The number of nitrogens with zero attached hydrogens (tertiary/aromatic N) is 1. The molecule has 0 unspecified atom stereocenters. The number of benzene rings is 1. The van der Waals surface area contributed by atoms with Crippen LogP contribution in [0, 0.1) is 13.8 Å². The van der Waals surface area contributed by atoms with E-state index >= 15 is 0 Å². The molecule has 0 bridgehead atoms. The van der Waals surface area contributed by atoms with E-state index in [1.54, 1.807) is 16.4 Å². The van der Waals surface area contributed by atoms with Crippen LogP contribution in [0.1, 0.15) is 30.4 Å². The van der Waals surface area contributed by atoms with Gasteiger partial charge in [0.2, 0.25) is 10.0 Å². The lowest BCUT2D eigenvalue weighted by atomic mass is 10.1. The highest BCUT2D eigenvalue weighted by Gasteiger charge is 2.31. The summed E-state index contributed by atoms with van der Waals surface area (Å²) in [6.07, 6.45) is 3.93. The van der Waals surface area contributed by atoms with Gasteiger partial charge in [-0.2, -0.15) is 4.31 Å². The molecule has 2 aliphatic heterocycles. The molecule has 0 radical (unpaired) electrons. The van der Waals surface area contributed by atoms with E-state index in [0.29, 0.717) is 24.1 Å². The van der Waals surface area contributed by atoms with Gasteiger partial charge >= 0.3 is 0 Å². The van der Waals surface area contributed by atoms with Gasteiger partial charge in [0.1, 0.15) is 12.6 Å². The number of piperazine rings is 1. The third kappa shape index (κ3) is 3.99. The maximum atomic E-state index is 12.8. The third-order valence-corrected chi connectivity index (χ3v) is 7.23. The molecule has 134 valence electrons. The highest BCUT2D eigenvalue weighted by Crippen LogP contribution is 2.19. The summed E-state index contributed by atoms with van der Waals surface area (Å²) in [5.41, 5.74) is 2.14. The molecule has 0 amide bonds. The van der Waals surface area contributed by atoms with Gasteiger partial charge in [-0.3, -0.25) is 0 Å². The summed E-state index contributed by atoms with van der Waals surface area (Å²) in [5, 5.41) is 0. The molecule has 1 aromatic carbocycles. The van der Waals surface area contributed by atoms with Crippen LogP contribution in [0.5, 0.6) is 0 Å². The van der Waals surface area contributed by atoms with Gasteiger partial charge in [0, 0.05) is 6.61 Å². The summed E-state index contributed by atoms with van der Waals surface area (Å²) in [5.74, 6) is 0. The second kappa shape index (κ2) is 7.52. The van der Waals surface area contributed by atoms with Gasteiger partial charge in [-0.15, -0.1) is 0 Å². The van der Waals surface area contributed by atoms with Crippen LogP contribution in [0.2, 0.25) is 0 Å². The average Bonchev–Trinajstić information content (AvgIpc) is 2.58. The Morgan fingerprint density at radius 3 is 2.54 bits per heavy atom. The van der Waals surface area contributed by atoms with Crippen LogP contribution in [0.25, 0.3) is 0 Å². The predicted octanol–water partition coefficient (Wildman–Crippen LogP) is 0.762. The van der Waals surface area contributed by atoms with Crippen LogP contribution >= 0.6 is 0 Å². The van der Waals surface area contributed by atoms with Gasteiger partial charge in [-0.1, -0.05) is 6.07 Å². The lowest BCUT2D eigenvalue weighted by Gasteiger charge is -2.34. The van der Waals surface area contributed by atoms with Crippen LogP contribution in [0.4, 0.5) is 0 Å². The summed E-state index contributed by atoms with van der Waals surface area (Å²) in [6.45, 7) is 8.77. The Bertz CT molecular complexity index is 661. The third-order valence-electron chi connectivity index (χ3n) is 5.34. The minimum atomic E-state index is -3.37. The number of hydrogen-bond donors (Lipinski definition) is 1. The summed E-state index contributed by atoms with van der Waals surface area (Å²) >= 11 is 0. The standard InChI is InChI=1S/C18H28N2O3S/c1-15-6-7-18(13-16(15)2)24(21,22)20-10-8-19(9-11-20)14-17-5-3-4-12-23-17/h6-7,13,17H,3-5,8-12,14H2,1-2H3/p+1/t17-/m1/s1. The molecule has 3 rings (SSSR count). The summed E-state index contributed by atoms with van der Waals surface area (Å²) < 4.78 is 33.1. The van der Waals surface area contributed by atoms with Gasteiger partial charge in [-0.05, 0) is 56.4 Å². The first-order valence-corrected chi connectivity index (χ1v) is 10.4. The Hall–Kier alpha value is -0.950. The second-order valence-electron chi connectivity index (χ2n) is 7.09. The summed E-state index contributed by atoms with van der Waals surface area (Å²) in [7, 11) is -3.37. The maximum Gasteiger partial charge on any atom is 0.243 e. The predicted molar refractivity (Wildman–Crippen MR) is 93.8 cm³/mol. The lowest BCUT2D eigenvalue weighted by molar-refractivity contribution is -0.907. The zero-order valence-electron chi connectivity index (χ0n) is 14.8. The van der Waals surface area contributed by atoms with Crippen molar-refractivity contribution in [2.45, 2.75) is 44.1 Å². The average molecular weight is 354 g/mol. The SMILES string of the molecule is Cc1ccc(S(=O)(=O)N2CC[NH+](C[C@H]3CCCCO3)CC2)cc1C. The highest BCUT2D eigenvalue weighted by atomic mass is 32.2. The molecule has 0 spiro atoms. The van der Waals surface area contributed by atoms with Crippen molar-refractivity contribution in [3.8, 4) is 0 Å². The van der Waals surface area contributed by atoms with Crippen LogP contribution in [0.15, 0.2) is 23.1 Å². The summed E-state index contributed by atoms with van der Waals surface area (Å²) in [6, 6.07) is 5.41. The monoisotopic (exact) mass is 353 g/mol. The molecular formula is C18H29N2O3S+. The zero-order valence-corrected chi connectivity index (χ0v) is 15.6. The Kier molecular flexibility index (Phi) is 5.59. The van der Waals surface area contributed by atoms with E-state index in [2.05, 4.69) is 0 Å². The molecule has 1 N–H and O–H groups in total. The minimum absolute atomic E-state index is 0.358. The maximum absolute atomic E-state index is 12.8. The molecule has 2 aliphatic rings. The fourth-order valence-corrected chi connectivity index (χ4v) is 5.09. The van der Waals surface area contributed by atoms with Crippen molar-refractivity contribution in [2.24, 2.45) is 0 Å². The molecule has 2 fully saturated rings. The topological polar surface area (TPSA) is 51.0 Å². The van der Waals surface area contributed by atoms with Gasteiger partial charge in [-0.25, -0.2) is 8.42 Å². The van der Waals surface area contributed by atoms with Crippen LogP contribution in [-0.4, -0.2) is 58.2 Å². The van der Waals surface area contributed by atoms with E-state index in [1.165, 1.54) is 17.7 Å². The van der Waals surface area contributed by atoms with Crippen molar-refractivity contribution in [3.63, 3.8) is 0 Å². The van der Waals surface area contributed by atoms with E-state index in [1.807, 2.05) is 19.9 Å². The molecule has 1 aromatic rings. The Morgan fingerprint density at radius 1 is 1.17 bits per heavy atom. The Morgan fingerprint density at radius 2 is 1.92 bits per heavy atom. The first-order chi connectivity index (χ1) is 11.5. The number of rotatable bonds is 4. The molecule has 2 saturated heterocycles. The fourth-order valence-electron chi connectivity index (χ4n) is 3.56. The quantitative estimate of drug-likeness (QED) is 0.870. The molecular weight excluding hydrogens is 324 g/mol. The largest absolute Gasteiger partial charge is 0.372 e. The van der Waals surface area contributed by atoms with Gasteiger partial charge in [0.05, 0.1) is 31.1 Å². The molecule has 6 heteroatoms. The Labute approximate surface area is 145 Å². The molecule has 2 heterocycles. The van der Waals surface area contributed by atoms with E-state index in [4.69, 9.17) is 4.74 Å². The first-order valence-electron chi connectivity index (χ1n) is 8.99. The van der Waals surface area contributed by atoms with E-state index < -0.39 is 10.0 Å². The molecule has 0 aliphatic carbocycles. The number of nitrogens with one attached hydrogen (secondary N) is 1. The highest BCUT2D eigenvalue weighted by molar-refractivity contribution is 7.89. The van der Waals surface area contributed by atoms with Crippen LogP contribution in [-0.2, 0) is 14.8 Å². The van der Waals surface area contributed by atoms with Crippen molar-refractivity contribution in [3.05, 3.63) is 29.3 Å². The number of ether oxygens (including phenoxy) is 1. The number of quaternary nitrogens is 1. The second-order valence-corrected chi connectivity index (χ2v) is 9.03. The molecule has 1 atom stereocenters. The minimum Gasteiger partial charge on any atom is -0.372 e. The van der Waals surface area contributed by atoms with E-state index in [9.17, 15) is 8.42 Å². The summed E-state index contributed by atoms with van der Waals surface area (Å²) in [4.78, 5) is 1.89. The van der Waals surface area contributed by atoms with Gasteiger partial charge < -0.3 is 9.64 Å².